The van der Waals surface area contributed by atoms with Crippen molar-refractivity contribution >= 4 is 41.1 Å². The van der Waals surface area contributed by atoms with Crippen LogP contribution in [0.4, 0.5) is 17.6 Å². The van der Waals surface area contributed by atoms with E-state index in [0.717, 1.165) is 18.5 Å². The molecule has 0 radical (unpaired) electrons. The number of fused-ring (bicyclic) bond motifs is 1. The summed E-state index contributed by atoms with van der Waals surface area (Å²) in [7, 11) is 0. The fourth-order valence-corrected chi connectivity index (χ4v) is 3.88. The van der Waals surface area contributed by atoms with Gasteiger partial charge in [-0.3, -0.25) is 14.9 Å². The van der Waals surface area contributed by atoms with E-state index in [1.165, 1.54) is 0 Å². The van der Waals surface area contributed by atoms with Crippen molar-refractivity contribution in [1.82, 2.24) is 24.9 Å². The number of para-hydroxylation sites is 1. The van der Waals surface area contributed by atoms with Gasteiger partial charge in [-0.2, -0.15) is 24.8 Å². The maximum Gasteiger partial charge on any atom is 0.254 e. The monoisotopic (exact) mass is 428 g/mol. The van der Waals surface area contributed by atoms with E-state index < -0.39 is 5.91 Å². The Hall–Kier alpha value is -4.26. The molecule has 160 valence electrons. The molecular weight excluding hydrogens is 408 g/mol. The van der Waals surface area contributed by atoms with Crippen molar-refractivity contribution < 1.29 is 9.59 Å². The number of carbonyl (C=O) groups excluding carboxylic acids is 2. The van der Waals surface area contributed by atoms with Crippen LogP contribution in [0.25, 0.3) is 11.7 Å². The number of nitrogens with one attached hydrogen (secondary N) is 2. The third-order valence-electron chi connectivity index (χ3n) is 5.60. The number of hydrogen-bond donors (Lipinski definition) is 2. The van der Waals surface area contributed by atoms with E-state index in [9.17, 15) is 14.9 Å². The summed E-state index contributed by atoms with van der Waals surface area (Å²) in [5.74, 6) is 0.338. The SMILES string of the molecule is N#CC1CCN(c2nc(Nc3ccccc3)n3ncc(/C=C4\CC(=O)NC4=O)c3n2)CC1. The lowest BCUT2D eigenvalue weighted by molar-refractivity contribution is -0.124. The summed E-state index contributed by atoms with van der Waals surface area (Å²) in [6, 6.07) is 12.0. The fraction of sp³-hybridized carbons (Fsp3) is 0.273. The third kappa shape index (κ3) is 3.76. The minimum atomic E-state index is -0.398. The molecule has 2 aliphatic rings. The maximum atomic E-state index is 12.0. The van der Waals surface area contributed by atoms with Gasteiger partial charge in [0.2, 0.25) is 17.8 Å². The summed E-state index contributed by atoms with van der Waals surface area (Å²) in [6.07, 6.45) is 4.79. The van der Waals surface area contributed by atoms with Crippen LogP contribution in [0.15, 0.2) is 42.1 Å². The van der Waals surface area contributed by atoms with Crippen molar-refractivity contribution in [2.45, 2.75) is 19.3 Å². The molecule has 0 atom stereocenters. The lowest BCUT2D eigenvalue weighted by Gasteiger charge is -2.29. The van der Waals surface area contributed by atoms with Crippen molar-refractivity contribution in [1.29, 1.82) is 5.26 Å². The number of aromatic nitrogens is 4. The van der Waals surface area contributed by atoms with Crippen LogP contribution in [0.1, 0.15) is 24.8 Å². The first-order valence-electron chi connectivity index (χ1n) is 10.4. The summed E-state index contributed by atoms with van der Waals surface area (Å²) in [5, 5.41) is 19.2. The zero-order valence-corrected chi connectivity index (χ0v) is 17.2. The van der Waals surface area contributed by atoms with E-state index in [-0.39, 0.29) is 18.2 Å². The van der Waals surface area contributed by atoms with Crippen LogP contribution >= 0.6 is 0 Å². The van der Waals surface area contributed by atoms with Gasteiger partial charge in [-0.15, -0.1) is 0 Å². The molecule has 1 aromatic carbocycles. The van der Waals surface area contributed by atoms with Crippen LogP contribution in [0, 0.1) is 17.2 Å². The molecule has 2 fully saturated rings. The van der Waals surface area contributed by atoms with Gasteiger partial charge >= 0.3 is 0 Å². The Morgan fingerprint density at radius 3 is 2.62 bits per heavy atom. The van der Waals surface area contributed by atoms with Crippen molar-refractivity contribution in [3.63, 3.8) is 0 Å². The first kappa shape index (κ1) is 19.7. The minimum absolute atomic E-state index is 0.0326. The molecular formula is C22H20N8O2. The number of nitrogens with zero attached hydrogens (tertiary/aromatic N) is 6. The van der Waals surface area contributed by atoms with Crippen LogP contribution in [0.2, 0.25) is 0 Å². The van der Waals surface area contributed by atoms with Crippen molar-refractivity contribution in [3.05, 3.63) is 47.7 Å². The van der Waals surface area contributed by atoms with Gasteiger partial charge < -0.3 is 10.2 Å². The van der Waals surface area contributed by atoms with Crippen molar-refractivity contribution in [3.8, 4) is 6.07 Å². The molecule has 4 heterocycles. The van der Waals surface area contributed by atoms with Gasteiger partial charge in [0.1, 0.15) is 0 Å². The molecule has 0 unspecified atom stereocenters. The number of carbonyl (C=O) groups is 2. The predicted octanol–water partition coefficient (Wildman–Crippen LogP) is 2.04. The highest BCUT2D eigenvalue weighted by molar-refractivity contribution is 6.15. The molecule has 3 aromatic rings. The van der Waals surface area contributed by atoms with E-state index in [1.54, 1.807) is 16.8 Å². The second kappa shape index (κ2) is 8.11. The molecule has 2 amide bonds. The number of piperidine rings is 1. The van der Waals surface area contributed by atoms with Crippen molar-refractivity contribution in [2.75, 3.05) is 23.3 Å². The van der Waals surface area contributed by atoms with Crippen LogP contribution in [-0.2, 0) is 9.59 Å². The van der Waals surface area contributed by atoms with E-state index in [4.69, 9.17) is 9.97 Å². The Labute approximate surface area is 183 Å². The molecule has 10 heteroatoms. The Bertz CT molecular complexity index is 1270. The second-order valence-electron chi connectivity index (χ2n) is 7.79. The van der Waals surface area contributed by atoms with E-state index in [2.05, 4.69) is 26.7 Å². The molecule has 2 aliphatic heterocycles. The lowest BCUT2D eigenvalue weighted by atomic mass is 9.99. The first-order valence-corrected chi connectivity index (χ1v) is 10.4. The number of anilines is 3. The molecule has 32 heavy (non-hydrogen) atoms. The van der Waals surface area contributed by atoms with Gasteiger partial charge in [0.15, 0.2) is 5.65 Å². The van der Waals surface area contributed by atoms with Gasteiger partial charge in [-0.05, 0) is 31.1 Å². The minimum Gasteiger partial charge on any atom is -0.341 e. The Morgan fingerprint density at radius 2 is 1.94 bits per heavy atom. The van der Waals surface area contributed by atoms with Gasteiger partial charge in [0.05, 0.1) is 18.7 Å². The Morgan fingerprint density at radius 1 is 1.16 bits per heavy atom. The first-order chi connectivity index (χ1) is 15.6. The van der Waals surface area contributed by atoms with Gasteiger partial charge in [-0.1, -0.05) is 18.2 Å². The molecule has 2 aromatic heterocycles. The molecule has 2 N–H and O–H groups in total. The molecule has 0 bridgehead atoms. The summed E-state index contributed by atoms with van der Waals surface area (Å²) >= 11 is 0. The average Bonchev–Trinajstić information content (AvgIpc) is 3.36. The van der Waals surface area contributed by atoms with E-state index in [0.29, 0.717) is 41.8 Å². The zero-order chi connectivity index (χ0) is 22.1. The third-order valence-corrected chi connectivity index (χ3v) is 5.60. The van der Waals surface area contributed by atoms with Gasteiger partial charge in [0, 0.05) is 35.8 Å². The predicted molar refractivity (Wildman–Crippen MR) is 117 cm³/mol. The van der Waals surface area contributed by atoms with Crippen molar-refractivity contribution in [2.24, 2.45) is 5.92 Å². The number of benzene rings is 1. The Balaban J connectivity index is 1.57. The average molecular weight is 428 g/mol. The normalized spacial score (nSPS) is 18.2. The summed E-state index contributed by atoms with van der Waals surface area (Å²) in [6.45, 7) is 1.36. The number of nitriles is 1. The number of imide groups is 1. The Kier molecular flexibility index (Phi) is 4.99. The molecule has 2 saturated heterocycles. The molecule has 5 rings (SSSR count). The summed E-state index contributed by atoms with van der Waals surface area (Å²) in [5.41, 5.74) is 2.36. The highest BCUT2D eigenvalue weighted by atomic mass is 16.2. The molecule has 10 nitrogen and oxygen atoms in total. The number of hydrogen-bond acceptors (Lipinski definition) is 8. The fourth-order valence-electron chi connectivity index (χ4n) is 3.88. The topological polar surface area (TPSA) is 128 Å². The maximum absolute atomic E-state index is 12.0. The number of rotatable bonds is 4. The van der Waals surface area contributed by atoms with E-state index in [1.807, 2.05) is 30.3 Å². The number of amides is 2. The molecule has 0 saturated carbocycles. The quantitative estimate of drug-likeness (QED) is 0.477. The molecule has 0 aliphatic carbocycles. The van der Waals surface area contributed by atoms with Crippen LogP contribution < -0.4 is 15.5 Å². The van der Waals surface area contributed by atoms with Gasteiger partial charge in [0.25, 0.3) is 5.91 Å². The summed E-state index contributed by atoms with van der Waals surface area (Å²) in [4.78, 5) is 35.1. The second-order valence-corrected chi connectivity index (χ2v) is 7.79. The molecule has 0 spiro atoms. The highest BCUT2D eigenvalue weighted by Gasteiger charge is 2.26. The van der Waals surface area contributed by atoms with E-state index >= 15 is 0 Å². The van der Waals surface area contributed by atoms with Crippen LogP contribution in [0.3, 0.4) is 0 Å². The van der Waals surface area contributed by atoms with Crippen LogP contribution in [-0.4, -0.2) is 44.5 Å². The van der Waals surface area contributed by atoms with Gasteiger partial charge in [-0.25, -0.2) is 0 Å². The lowest BCUT2D eigenvalue weighted by Crippen LogP contribution is -2.34. The van der Waals surface area contributed by atoms with Crippen LogP contribution in [0.5, 0.6) is 0 Å². The zero-order valence-electron chi connectivity index (χ0n) is 17.2. The standard InChI is InChI=1S/C22H20N8O2/c23-12-14-6-8-29(9-7-14)21-27-19-16(10-15-11-18(31)26-20(15)32)13-24-30(19)22(28-21)25-17-4-2-1-3-5-17/h1-5,10,13-14H,6-9,11H2,(H,25,27,28)(H,26,31,32)/b15-10+. The smallest absolute Gasteiger partial charge is 0.254 e. The summed E-state index contributed by atoms with van der Waals surface area (Å²) < 4.78 is 1.58. The highest BCUT2D eigenvalue weighted by Crippen LogP contribution is 2.26. The largest absolute Gasteiger partial charge is 0.341 e.